The highest BCUT2D eigenvalue weighted by molar-refractivity contribution is 5.67. The normalized spacial score (nSPS) is 10.6. The second-order valence-corrected chi connectivity index (χ2v) is 5.48. The van der Waals surface area contributed by atoms with Crippen molar-refractivity contribution in [3.63, 3.8) is 0 Å². The second kappa shape index (κ2) is 7.75. The number of benzene rings is 3. The predicted octanol–water partition coefficient (Wildman–Crippen LogP) is 4.73. The van der Waals surface area contributed by atoms with Crippen LogP contribution in [0.2, 0.25) is 0 Å². The highest BCUT2D eigenvalue weighted by atomic mass is 16.5. The smallest absolute Gasteiger partial charge is 0.123 e. The summed E-state index contributed by atoms with van der Waals surface area (Å²) < 4.78 is 16.8. The first kappa shape index (κ1) is 16.9. The van der Waals surface area contributed by atoms with E-state index in [0.29, 0.717) is 0 Å². The summed E-state index contributed by atoms with van der Waals surface area (Å²) in [5.74, 6) is 3.41. The van der Waals surface area contributed by atoms with E-state index in [4.69, 9.17) is 14.2 Å². The zero-order valence-electron chi connectivity index (χ0n) is 14.7. The van der Waals surface area contributed by atoms with Crippen LogP contribution in [0.15, 0.2) is 72.8 Å². The van der Waals surface area contributed by atoms with Crippen LogP contribution in [0.3, 0.4) is 0 Å². The number of hydrogen-bond acceptors (Lipinski definition) is 3. The third-order valence-electron chi connectivity index (χ3n) is 4.13. The first-order valence-electron chi connectivity index (χ1n) is 8.07. The molecule has 0 aliphatic rings. The fourth-order valence-corrected chi connectivity index (χ4v) is 2.99. The summed E-state index contributed by atoms with van der Waals surface area (Å²) in [4.78, 5) is 0. The second-order valence-electron chi connectivity index (χ2n) is 5.48. The predicted molar refractivity (Wildman–Crippen MR) is 99.5 cm³/mol. The topological polar surface area (TPSA) is 27.7 Å². The van der Waals surface area contributed by atoms with Gasteiger partial charge < -0.3 is 14.2 Å². The van der Waals surface area contributed by atoms with Crippen molar-refractivity contribution >= 4 is 0 Å². The van der Waals surface area contributed by atoms with E-state index in [1.165, 1.54) is 0 Å². The van der Waals surface area contributed by atoms with Crippen LogP contribution in [-0.4, -0.2) is 21.3 Å². The maximum atomic E-state index is 5.61. The maximum absolute atomic E-state index is 5.61. The van der Waals surface area contributed by atoms with Crippen LogP contribution in [0, 0.1) is 5.92 Å². The van der Waals surface area contributed by atoms with Gasteiger partial charge in [-0.15, -0.1) is 0 Å². The Morgan fingerprint density at radius 1 is 0.480 bits per heavy atom. The van der Waals surface area contributed by atoms with Crippen molar-refractivity contribution in [2.45, 2.75) is 0 Å². The van der Waals surface area contributed by atoms with Crippen LogP contribution in [0.5, 0.6) is 17.2 Å². The highest BCUT2D eigenvalue weighted by Gasteiger charge is 2.26. The lowest BCUT2D eigenvalue weighted by Crippen LogP contribution is -2.09. The standard InChI is InChI=1S/C22H21O3/c1-23-19-13-7-4-10-16(19)22(17-11-5-8-14-20(17)24-2)18-12-6-9-15-21(18)25-3/h4-15H,1-3H3. The molecule has 3 heteroatoms. The molecule has 0 bridgehead atoms. The number of methoxy groups -OCH3 is 3. The van der Waals surface area contributed by atoms with E-state index >= 15 is 0 Å². The summed E-state index contributed by atoms with van der Waals surface area (Å²) in [6.45, 7) is 0. The highest BCUT2D eigenvalue weighted by Crippen LogP contribution is 2.42. The Balaban J connectivity index is 2.29. The van der Waals surface area contributed by atoms with E-state index in [0.717, 1.165) is 39.9 Å². The summed E-state index contributed by atoms with van der Waals surface area (Å²) in [5.41, 5.74) is 2.96. The third kappa shape index (κ3) is 3.31. The monoisotopic (exact) mass is 333 g/mol. The molecule has 0 N–H and O–H groups in total. The van der Waals surface area contributed by atoms with Gasteiger partial charge in [-0.05, 0) is 18.2 Å². The zero-order chi connectivity index (χ0) is 17.6. The van der Waals surface area contributed by atoms with Crippen molar-refractivity contribution in [2.75, 3.05) is 21.3 Å². The fourth-order valence-electron chi connectivity index (χ4n) is 2.99. The Bertz CT molecular complexity index is 729. The molecule has 25 heavy (non-hydrogen) atoms. The lowest BCUT2D eigenvalue weighted by atomic mass is 9.83. The van der Waals surface area contributed by atoms with E-state index in [-0.39, 0.29) is 0 Å². The Hall–Kier alpha value is -2.94. The van der Waals surface area contributed by atoms with Crippen molar-refractivity contribution in [3.8, 4) is 17.2 Å². The average molecular weight is 333 g/mol. The van der Waals surface area contributed by atoms with Crippen LogP contribution in [0.4, 0.5) is 0 Å². The molecule has 0 saturated carbocycles. The number of ether oxygens (including phenoxy) is 3. The Kier molecular flexibility index (Phi) is 5.24. The van der Waals surface area contributed by atoms with Gasteiger partial charge in [-0.3, -0.25) is 0 Å². The largest absolute Gasteiger partial charge is 0.496 e. The maximum Gasteiger partial charge on any atom is 0.123 e. The van der Waals surface area contributed by atoms with E-state index in [1.54, 1.807) is 21.3 Å². The molecule has 0 saturated heterocycles. The number of rotatable bonds is 6. The van der Waals surface area contributed by atoms with E-state index in [9.17, 15) is 0 Å². The summed E-state index contributed by atoms with van der Waals surface area (Å²) in [6.07, 6.45) is 0. The molecule has 0 aromatic heterocycles. The van der Waals surface area contributed by atoms with Crippen molar-refractivity contribution in [1.82, 2.24) is 0 Å². The molecule has 127 valence electrons. The molecule has 3 rings (SSSR count). The average Bonchev–Trinajstić information content (AvgIpc) is 2.69. The fraction of sp³-hybridized carbons (Fsp3) is 0.136. The van der Waals surface area contributed by atoms with Gasteiger partial charge >= 0.3 is 0 Å². The van der Waals surface area contributed by atoms with Gasteiger partial charge in [0.15, 0.2) is 0 Å². The van der Waals surface area contributed by atoms with Gasteiger partial charge in [-0.1, -0.05) is 54.6 Å². The van der Waals surface area contributed by atoms with Crippen molar-refractivity contribution in [1.29, 1.82) is 0 Å². The lowest BCUT2D eigenvalue weighted by Gasteiger charge is -2.23. The van der Waals surface area contributed by atoms with Gasteiger partial charge in [0.25, 0.3) is 0 Å². The molecular formula is C22H21O3. The van der Waals surface area contributed by atoms with Gasteiger partial charge in [-0.25, -0.2) is 0 Å². The molecule has 0 heterocycles. The molecule has 0 amide bonds. The quantitative estimate of drug-likeness (QED) is 0.610. The molecule has 0 atom stereocenters. The minimum absolute atomic E-state index is 0.800. The molecular weight excluding hydrogens is 312 g/mol. The van der Waals surface area contributed by atoms with Crippen LogP contribution < -0.4 is 14.2 Å². The molecule has 0 spiro atoms. The van der Waals surface area contributed by atoms with Crippen LogP contribution in [-0.2, 0) is 0 Å². The summed E-state index contributed by atoms with van der Waals surface area (Å²) in [6, 6.07) is 23.9. The molecule has 0 aliphatic heterocycles. The molecule has 3 aromatic carbocycles. The molecule has 0 aliphatic carbocycles. The van der Waals surface area contributed by atoms with Gasteiger partial charge in [0.05, 0.1) is 27.2 Å². The summed E-state index contributed by atoms with van der Waals surface area (Å²) in [7, 11) is 5.04. The number of para-hydroxylation sites is 3. The van der Waals surface area contributed by atoms with Crippen LogP contribution >= 0.6 is 0 Å². The van der Waals surface area contributed by atoms with E-state index in [1.807, 2.05) is 72.8 Å². The SMILES string of the molecule is COc1ccccc1[C](c1ccccc1OC)c1ccccc1OC. The lowest BCUT2D eigenvalue weighted by molar-refractivity contribution is 0.404. The first-order valence-corrected chi connectivity index (χ1v) is 8.07. The van der Waals surface area contributed by atoms with Crippen LogP contribution in [0.1, 0.15) is 16.7 Å². The van der Waals surface area contributed by atoms with Gasteiger partial charge in [0.2, 0.25) is 0 Å². The van der Waals surface area contributed by atoms with Gasteiger partial charge in [0.1, 0.15) is 17.2 Å². The van der Waals surface area contributed by atoms with Crippen LogP contribution in [0.25, 0.3) is 0 Å². The van der Waals surface area contributed by atoms with Gasteiger partial charge in [0, 0.05) is 16.7 Å². The Morgan fingerprint density at radius 3 is 1.04 bits per heavy atom. The zero-order valence-corrected chi connectivity index (χ0v) is 14.7. The van der Waals surface area contributed by atoms with Crippen molar-refractivity contribution in [3.05, 3.63) is 95.4 Å². The summed E-state index contributed by atoms with van der Waals surface area (Å²) in [5, 5.41) is 0. The van der Waals surface area contributed by atoms with E-state index < -0.39 is 0 Å². The third-order valence-corrected chi connectivity index (χ3v) is 4.13. The molecule has 3 aromatic rings. The van der Waals surface area contributed by atoms with Crippen molar-refractivity contribution in [2.24, 2.45) is 0 Å². The first-order chi connectivity index (χ1) is 12.3. The molecule has 0 fully saturated rings. The molecule has 3 nitrogen and oxygen atoms in total. The Morgan fingerprint density at radius 2 is 0.760 bits per heavy atom. The minimum Gasteiger partial charge on any atom is -0.496 e. The molecule has 1 radical (unpaired) electrons. The van der Waals surface area contributed by atoms with Gasteiger partial charge in [-0.2, -0.15) is 0 Å². The minimum atomic E-state index is 0.800. The number of hydrogen-bond donors (Lipinski definition) is 0. The molecule has 0 unspecified atom stereocenters. The van der Waals surface area contributed by atoms with E-state index in [2.05, 4.69) is 0 Å². The Labute approximate surface area is 148 Å². The van der Waals surface area contributed by atoms with Crippen molar-refractivity contribution < 1.29 is 14.2 Å². The summed E-state index contributed by atoms with van der Waals surface area (Å²) >= 11 is 0.